The van der Waals surface area contributed by atoms with Gasteiger partial charge in [0.25, 0.3) is 0 Å². The normalized spacial score (nSPS) is 20.8. The largest absolute Gasteiger partial charge is 0.495 e. The maximum absolute atomic E-state index is 5.85. The van der Waals surface area contributed by atoms with Crippen molar-refractivity contribution in [1.82, 2.24) is 10.6 Å². The molecule has 0 radical (unpaired) electrons. The Morgan fingerprint density at radius 1 is 1.23 bits per heavy atom. The Hall–Kier alpha value is -1.99. The zero-order valence-corrected chi connectivity index (χ0v) is 18.6. The number of aliphatic imine (C=N–C) groups is 1. The van der Waals surface area contributed by atoms with E-state index in [0.29, 0.717) is 12.0 Å². The van der Waals surface area contributed by atoms with E-state index in [1.54, 1.807) is 7.11 Å². The highest BCUT2D eigenvalue weighted by atomic mass is 16.5. The van der Waals surface area contributed by atoms with E-state index < -0.39 is 0 Å². The molecular weight excluding hydrogens is 380 g/mol. The van der Waals surface area contributed by atoms with Gasteiger partial charge in [-0.15, -0.1) is 0 Å². The number of benzene rings is 1. The second-order valence-electron chi connectivity index (χ2n) is 8.08. The molecule has 2 fully saturated rings. The van der Waals surface area contributed by atoms with Crippen molar-refractivity contribution < 1.29 is 14.2 Å². The van der Waals surface area contributed by atoms with Gasteiger partial charge < -0.3 is 29.7 Å². The molecule has 2 aliphatic heterocycles. The maximum atomic E-state index is 5.85. The molecule has 1 atom stereocenters. The summed E-state index contributed by atoms with van der Waals surface area (Å²) >= 11 is 0. The summed E-state index contributed by atoms with van der Waals surface area (Å²) in [6.07, 6.45) is 5.51. The third kappa shape index (κ3) is 7.06. The topological polar surface area (TPSA) is 67.4 Å². The Morgan fingerprint density at radius 2 is 2.07 bits per heavy atom. The molecule has 30 heavy (non-hydrogen) atoms. The zero-order chi connectivity index (χ0) is 21.0. The fraction of sp³-hybridized carbons (Fsp3) is 0.696. The lowest BCUT2D eigenvalue weighted by molar-refractivity contribution is 0.0203. The monoisotopic (exact) mass is 418 g/mol. The number of anilines is 1. The summed E-state index contributed by atoms with van der Waals surface area (Å²) in [4.78, 5) is 6.80. The number of nitrogens with zero attached hydrogens (tertiary/aromatic N) is 2. The first-order valence-electron chi connectivity index (χ1n) is 11.3. The number of hydrogen-bond acceptors (Lipinski definition) is 5. The first-order valence-corrected chi connectivity index (χ1v) is 11.3. The molecule has 168 valence electrons. The average molecular weight is 419 g/mol. The number of ether oxygens (including phenoxy) is 3. The quantitative estimate of drug-likeness (QED) is 0.365. The van der Waals surface area contributed by atoms with Crippen molar-refractivity contribution in [3.05, 3.63) is 24.3 Å². The maximum Gasteiger partial charge on any atom is 0.191 e. The Labute approximate surface area is 181 Å². The molecule has 0 saturated carbocycles. The lowest BCUT2D eigenvalue weighted by Gasteiger charge is -2.36. The lowest BCUT2D eigenvalue weighted by atomic mass is 10.0. The Bertz CT molecular complexity index is 649. The summed E-state index contributed by atoms with van der Waals surface area (Å²) in [5.74, 6) is 2.46. The predicted octanol–water partition coefficient (Wildman–Crippen LogP) is 2.66. The Balaban J connectivity index is 1.35. The van der Waals surface area contributed by atoms with Gasteiger partial charge in [-0.2, -0.15) is 0 Å². The predicted molar refractivity (Wildman–Crippen MR) is 122 cm³/mol. The highest BCUT2D eigenvalue weighted by molar-refractivity contribution is 5.80. The molecule has 2 N–H and O–H groups in total. The van der Waals surface area contributed by atoms with E-state index in [-0.39, 0.29) is 0 Å². The van der Waals surface area contributed by atoms with Crippen LogP contribution in [0, 0.1) is 5.92 Å². The van der Waals surface area contributed by atoms with Crippen molar-refractivity contribution in [3.63, 3.8) is 0 Å². The van der Waals surface area contributed by atoms with Crippen molar-refractivity contribution in [2.75, 3.05) is 65.1 Å². The highest BCUT2D eigenvalue weighted by Gasteiger charge is 2.22. The van der Waals surface area contributed by atoms with Crippen LogP contribution in [0.1, 0.15) is 32.1 Å². The molecular formula is C23H38N4O3. The van der Waals surface area contributed by atoms with Gasteiger partial charge in [-0.3, -0.25) is 4.99 Å². The number of rotatable bonds is 9. The molecule has 7 heteroatoms. The summed E-state index contributed by atoms with van der Waals surface area (Å²) in [6.45, 7) is 6.25. The van der Waals surface area contributed by atoms with E-state index in [1.807, 2.05) is 19.2 Å². The van der Waals surface area contributed by atoms with Crippen LogP contribution < -0.4 is 20.3 Å². The van der Waals surface area contributed by atoms with Crippen LogP contribution in [0.15, 0.2) is 29.3 Å². The minimum absolute atomic E-state index is 0.361. The Kier molecular flexibility index (Phi) is 9.57. The molecule has 7 nitrogen and oxygen atoms in total. The molecule has 0 spiro atoms. The molecule has 2 aliphatic rings. The number of guanidine groups is 1. The van der Waals surface area contributed by atoms with Gasteiger partial charge in [0.15, 0.2) is 5.96 Å². The van der Waals surface area contributed by atoms with E-state index in [9.17, 15) is 0 Å². The van der Waals surface area contributed by atoms with Crippen LogP contribution in [0.2, 0.25) is 0 Å². The van der Waals surface area contributed by atoms with Gasteiger partial charge >= 0.3 is 0 Å². The van der Waals surface area contributed by atoms with Crippen LogP contribution in [0.4, 0.5) is 5.69 Å². The highest BCUT2D eigenvalue weighted by Crippen LogP contribution is 2.29. The van der Waals surface area contributed by atoms with Gasteiger partial charge in [0.2, 0.25) is 0 Å². The first-order chi connectivity index (χ1) is 14.8. The molecule has 0 aromatic heterocycles. The first kappa shape index (κ1) is 22.7. The molecule has 1 aromatic rings. The number of hydrogen-bond donors (Lipinski definition) is 2. The Morgan fingerprint density at radius 3 is 2.87 bits per heavy atom. The molecule has 2 saturated heterocycles. The van der Waals surface area contributed by atoms with Crippen molar-refractivity contribution in [1.29, 1.82) is 0 Å². The number of nitrogens with one attached hydrogen (secondary N) is 2. The lowest BCUT2D eigenvalue weighted by Crippen LogP contribution is -2.51. The van der Waals surface area contributed by atoms with Crippen molar-refractivity contribution in [2.45, 2.75) is 38.1 Å². The van der Waals surface area contributed by atoms with Crippen molar-refractivity contribution in [2.24, 2.45) is 10.9 Å². The van der Waals surface area contributed by atoms with Crippen molar-refractivity contribution in [3.8, 4) is 5.75 Å². The molecule has 1 aromatic carbocycles. The second-order valence-corrected chi connectivity index (χ2v) is 8.08. The molecule has 0 aliphatic carbocycles. The van der Waals surface area contributed by atoms with E-state index in [2.05, 4.69) is 32.7 Å². The second kappa shape index (κ2) is 12.6. The van der Waals surface area contributed by atoms with Crippen molar-refractivity contribution >= 4 is 11.6 Å². The summed E-state index contributed by atoms with van der Waals surface area (Å²) < 4.78 is 16.8. The molecule has 1 unspecified atom stereocenters. The van der Waals surface area contributed by atoms with Crippen LogP contribution in [0.25, 0.3) is 0 Å². The zero-order valence-electron chi connectivity index (χ0n) is 18.6. The van der Waals surface area contributed by atoms with Crippen LogP contribution >= 0.6 is 0 Å². The van der Waals surface area contributed by atoms with Gasteiger partial charge in [-0.25, -0.2) is 0 Å². The van der Waals surface area contributed by atoms with Crippen LogP contribution in [-0.4, -0.2) is 72.2 Å². The third-order valence-corrected chi connectivity index (χ3v) is 5.86. The molecule has 3 rings (SSSR count). The number of para-hydroxylation sites is 2. The molecule has 0 amide bonds. The van der Waals surface area contributed by atoms with Gasteiger partial charge in [0, 0.05) is 59.2 Å². The van der Waals surface area contributed by atoms with Crippen LogP contribution in [0.5, 0.6) is 5.75 Å². The smallest absolute Gasteiger partial charge is 0.191 e. The van der Waals surface area contributed by atoms with E-state index in [0.717, 1.165) is 95.6 Å². The summed E-state index contributed by atoms with van der Waals surface area (Å²) in [6, 6.07) is 8.60. The number of piperidine rings is 1. The fourth-order valence-corrected chi connectivity index (χ4v) is 4.14. The van der Waals surface area contributed by atoms with Crippen LogP contribution in [-0.2, 0) is 9.47 Å². The summed E-state index contributed by atoms with van der Waals surface area (Å²) in [7, 11) is 3.56. The van der Waals surface area contributed by atoms with Crippen LogP contribution in [0.3, 0.4) is 0 Å². The number of methoxy groups -OCH3 is 1. The van der Waals surface area contributed by atoms with Gasteiger partial charge in [-0.05, 0) is 50.2 Å². The molecule has 2 heterocycles. The fourth-order valence-electron chi connectivity index (χ4n) is 4.14. The summed E-state index contributed by atoms with van der Waals surface area (Å²) in [5, 5.41) is 7.02. The standard InChI is InChI=1S/C23H38N4O3/c1-24-23(25-12-6-14-30-18-19-10-15-29-16-11-19)26-20-7-5-13-27(17-20)21-8-3-4-9-22(21)28-2/h3-4,8-9,19-20H,5-7,10-18H2,1-2H3,(H2,24,25,26). The van der Waals surface area contributed by atoms with Gasteiger partial charge in [0.05, 0.1) is 12.8 Å². The minimum Gasteiger partial charge on any atom is -0.495 e. The van der Waals surface area contributed by atoms with E-state index in [4.69, 9.17) is 14.2 Å². The minimum atomic E-state index is 0.361. The SMILES string of the molecule is CN=C(NCCCOCC1CCOCC1)NC1CCCN(c2ccccc2OC)C1. The van der Waals surface area contributed by atoms with E-state index in [1.165, 1.54) is 0 Å². The van der Waals surface area contributed by atoms with E-state index >= 15 is 0 Å². The average Bonchev–Trinajstić information content (AvgIpc) is 2.81. The molecule has 0 bridgehead atoms. The summed E-state index contributed by atoms with van der Waals surface area (Å²) in [5.41, 5.74) is 1.16. The van der Waals surface area contributed by atoms with Gasteiger partial charge in [0.1, 0.15) is 5.75 Å². The van der Waals surface area contributed by atoms with Gasteiger partial charge in [-0.1, -0.05) is 12.1 Å². The third-order valence-electron chi connectivity index (χ3n) is 5.86.